The molecular weight excluding hydrogens is 260 g/mol. The molecule has 0 bridgehead atoms. The SMILES string of the molecule is COCCOC(=O)c1ccc(NN=C(C#N)C#N)cc1. The molecule has 0 spiro atoms. The fraction of sp³-hybridized carbons (Fsp3) is 0.231. The van der Waals surface area contributed by atoms with Crippen molar-refractivity contribution in [2.24, 2.45) is 5.10 Å². The normalized spacial score (nSPS) is 8.95. The highest BCUT2D eigenvalue weighted by Crippen LogP contribution is 2.10. The number of nitriles is 2. The van der Waals surface area contributed by atoms with Crippen molar-refractivity contribution in [2.45, 2.75) is 0 Å². The zero-order chi connectivity index (χ0) is 14.8. The number of hydrazone groups is 1. The molecule has 20 heavy (non-hydrogen) atoms. The molecule has 0 atom stereocenters. The fourth-order valence-corrected chi connectivity index (χ4v) is 1.18. The zero-order valence-electron chi connectivity index (χ0n) is 10.8. The van der Waals surface area contributed by atoms with Crippen molar-refractivity contribution < 1.29 is 14.3 Å². The molecule has 7 heteroatoms. The topological polar surface area (TPSA) is 108 Å². The summed E-state index contributed by atoms with van der Waals surface area (Å²) in [6, 6.07) is 9.51. The molecule has 0 saturated carbocycles. The van der Waals surface area contributed by atoms with Gasteiger partial charge in [-0.05, 0) is 24.3 Å². The summed E-state index contributed by atoms with van der Waals surface area (Å²) in [7, 11) is 1.52. The molecule has 0 radical (unpaired) electrons. The highest BCUT2D eigenvalue weighted by Gasteiger charge is 2.06. The van der Waals surface area contributed by atoms with Gasteiger partial charge in [0.05, 0.1) is 17.9 Å². The minimum Gasteiger partial charge on any atom is -0.460 e. The van der Waals surface area contributed by atoms with Gasteiger partial charge in [0, 0.05) is 7.11 Å². The van der Waals surface area contributed by atoms with Crippen LogP contribution in [-0.2, 0) is 9.47 Å². The van der Waals surface area contributed by atoms with E-state index in [4.69, 9.17) is 20.0 Å². The third kappa shape index (κ3) is 4.77. The first kappa shape index (κ1) is 15.2. The Balaban J connectivity index is 2.61. The Kier molecular flexibility index (Phi) is 6.25. The van der Waals surface area contributed by atoms with Crippen LogP contribution in [0.5, 0.6) is 0 Å². The van der Waals surface area contributed by atoms with Crippen LogP contribution in [0.2, 0.25) is 0 Å². The van der Waals surface area contributed by atoms with Gasteiger partial charge in [-0.15, -0.1) is 0 Å². The smallest absolute Gasteiger partial charge is 0.338 e. The maximum atomic E-state index is 11.6. The number of benzene rings is 1. The van der Waals surface area contributed by atoms with E-state index >= 15 is 0 Å². The Morgan fingerprint density at radius 2 is 1.90 bits per heavy atom. The lowest BCUT2D eigenvalue weighted by Gasteiger charge is -2.05. The number of nitrogens with one attached hydrogen (secondary N) is 1. The van der Waals surface area contributed by atoms with E-state index in [1.54, 1.807) is 36.4 Å². The molecule has 7 nitrogen and oxygen atoms in total. The molecule has 102 valence electrons. The summed E-state index contributed by atoms with van der Waals surface area (Å²) >= 11 is 0. The van der Waals surface area contributed by atoms with Gasteiger partial charge in [-0.1, -0.05) is 0 Å². The van der Waals surface area contributed by atoms with Crippen molar-refractivity contribution in [2.75, 3.05) is 25.7 Å². The van der Waals surface area contributed by atoms with Crippen LogP contribution in [0.1, 0.15) is 10.4 Å². The Hall–Kier alpha value is -2.90. The number of carbonyl (C=O) groups excluding carboxylic acids is 1. The summed E-state index contributed by atoms with van der Waals surface area (Å²) < 4.78 is 9.71. The summed E-state index contributed by atoms with van der Waals surface area (Å²) in [4.78, 5) is 11.6. The van der Waals surface area contributed by atoms with Crippen molar-refractivity contribution in [3.63, 3.8) is 0 Å². The Bertz CT molecular complexity index is 551. The molecule has 0 amide bonds. The standard InChI is InChI=1S/C13H12N4O3/c1-19-6-7-20-13(18)10-2-4-11(5-3-10)16-17-12(8-14)9-15/h2-5,16H,6-7H2,1H3. The second-order valence-electron chi connectivity index (χ2n) is 3.50. The van der Waals surface area contributed by atoms with Gasteiger partial charge < -0.3 is 9.47 Å². The van der Waals surface area contributed by atoms with E-state index in [2.05, 4.69) is 10.5 Å². The molecule has 0 aliphatic carbocycles. The van der Waals surface area contributed by atoms with Gasteiger partial charge in [0.1, 0.15) is 18.7 Å². The third-order valence-electron chi connectivity index (χ3n) is 2.15. The zero-order valence-corrected chi connectivity index (χ0v) is 10.8. The summed E-state index contributed by atoms with van der Waals surface area (Å²) in [5.74, 6) is -0.452. The number of ether oxygens (including phenoxy) is 2. The van der Waals surface area contributed by atoms with E-state index < -0.39 is 5.97 Å². The first-order chi connectivity index (χ1) is 9.71. The van der Waals surface area contributed by atoms with Crippen LogP contribution in [0.15, 0.2) is 29.4 Å². The third-order valence-corrected chi connectivity index (χ3v) is 2.15. The van der Waals surface area contributed by atoms with Crippen LogP contribution in [0.3, 0.4) is 0 Å². The van der Waals surface area contributed by atoms with Crippen LogP contribution in [0.25, 0.3) is 0 Å². The number of carbonyl (C=O) groups is 1. The van der Waals surface area contributed by atoms with Gasteiger partial charge in [0.15, 0.2) is 0 Å². The predicted molar refractivity (Wildman–Crippen MR) is 70.9 cm³/mol. The van der Waals surface area contributed by atoms with Crippen molar-refractivity contribution in [1.82, 2.24) is 0 Å². The summed E-state index contributed by atoms with van der Waals surface area (Å²) in [6.45, 7) is 0.526. The molecule has 0 aliphatic rings. The summed E-state index contributed by atoms with van der Waals surface area (Å²) in [5.41, 5.74) is 3.18. The lowest BCUT2D eigenvalue weighted by molar-refractivity contribution is 0.0388. The van der Waals surface area contributed by atoms with Crippen molar-refractivity contribution >= 4 is 17.4 Å². The first-order valence-corrected chi connectivity index (χ1v) is 5.61. The summed E-state index contributed by atoms with van der Waals surface area (Å²) in [5, 5.41) is 20.6. The maximum absolute atomic E-state index is 11.6. The second kappa shape index (κ2) is 8.25. The number of hydrogen-bond acceptors (Lipinski definition) is 7. The number of nitrogens with zero attached hydrogens (tertiary/aromatic N) is 3. The van der Waals surface area contributed by atoms with Gasteiger partial charge in [0.25, 0.3) is 0 Å². The summed E-state index contributed by atoms with van der Waals surface area (Å²) in [6.07, 6.45) is 0. The van der Waals surface area contributed by atoms with Crippen LogP contribution in [-0.4, -0.2) is 32.0 Å². The van der Waals surface area contributed by atoms with Crippen LogP contribution in [0, 0.1) is 22.7 Å². The first-order valence-electron chi connectivity index (χ1n) is 5.61. The molecule has 0 saturated heterocycles. The minimum absolute atomic E-state index is 0.188. The van der Waals surface area contributed by atoms with Crippen LogP contribution >= 0.6 is 0 Å². The van der Waals surface area contributed by atoms with Gasteiger partial charge in [-0.3, -0.25) is 5.43 Å². The maximum Gasteiger partial charge on any atom is 0.338 e. The monoisotopic (exact) mass is 272 g/mol. The lowest BCUT2D eigenvalue weighted by atomic mass is 10.2. The quantitative estimate of drug-likeness (QED) is 0.362. The average molecular weight is 272 g/mol. The van der Waals surface area contributed by atoms with Crippen LogP contribution < -0.4 is 5.43 Å². The fourth-order valence-electron chi connectivity index (χ4n) is 1.18. The Labute approximate surface area is 116 Å². The second-order valence-corrected chi connectivity index (χ2v) is 3.50. The van der Waals surface area contributed by atoms with E-state index in [1.807, 2.05) is 0 Å². The molecule has 1 aromatic carbocycles. The van der Waals surface area contributed by atoms with E-state index in [1.165, 1.54) is 7.11 Å². The van der Waals surface area contributed by atoms with E-state index in [0.717, 1.165) is 0 Å². The largest absolute Gasteiger partial charge is 0.460 e. The number of esters is 1. The van der Waals surface area contributed by atoms with Gasteiger partial charge in [-0.2, -0.15) is 15.6 Å². The molecule has 1 N–H and O–H groups in total. The molecule has 0 unspecified atom stereocenters. The molecule has 1 aromatic rings. The lowest BCUT2D eigenvalue weighted by Crippen LogP contribution is -2.09. The number of anilines is 1. The van der Waals surface area contributed by atoms with Gasteiger partial charge in [0.2, 0.25) is 5.71 Å². The molecule has 0 aromatic heterocycles. The van der Waals surface area contributed by atoms with Gasteiger partial charge in [-0.25, -0.2) is 4.79 Å². The number of methoxy groups -OCH3 is 1. The molecule has 1 rings (SSSR count). The molecular formula is C13H12N4O3. The number of hydrogen-bond donors (Lipinski definition) is 1. The predicted octanol–water partition coefficient (Wildman–Crippen LogP) is 1.30. The highest BCUT2D eigenvalue weighted by atomic mass is 16.6. The molecule has 0 fully saturated rings. The molecule has 0 aliphatic heterocycles. The van der Waals surface area contributed by atoms with Crippen molar-refractivity contribution in [3.05, 3.63) is 29.8 Å². The Morgan fingerprint density at radius 3 is 2.45 bits per heavy atom. The highest BCUT2D eigenvalue weighted by molar-refractivity contribution is 6.10. The van der Waals surface area contributed by atoms with Gasteiger partial charge >= 0.3 is 5.97 Å². The van der Waals surface area contributed by atoms with E-state index in [-0.39, 0.29) is 12.3 Å². The number of rotatable bonds is 6. The minimum atomic E-state index is -0.452. The van der Waals surface area contributed by atoms with E-state index in [0.29, 0.717) is 17.9 Å². The van der Waals surface area contributed by atoms with Crippen molar-refractivity contribution in [1.29, 1.82) is 10.5 Å². The van der Waals surface area contributed by atoms with Crippen LogP contribution in [0.4, 0.5) is 5.69 Å². The van der Waals surface area contributed by atoms with E-state index in [9.17, 15) is 4.79 Å². The van der Waals surface area contributed by atoms with Crippen molar-refractivity contribution in [3.8, 4) is 12.1 Å². The molecule has 0 heterocycles. The average Bonchev–Trinajstić information content (AvgIpc) is 2.49. The Morgan fingerprint density at radius 1 is 1.25 bits per heavy atom.